The van der Waals surface area contributed by atoms with Crippen molar-refractivity contribution in [2.24, 2.45) is 23.5 Å². The molecule has 4 aliphatic rings. The van der Waals surface area contributed by atoms with E-state index >= 15 is 0 Å². The molecular formula is C15H26N2O. The Balaban J connectivity index is 1.44. The summed E-state index contributed by atoms with van der Waals surface area (Å²) in [6, 6.07) is 1.21. The van der Waals surface area contributed by atoms with E-state index in [9.17, 15) is 0 Å². The largest absolute Gasteiger partial charge is 0.375 e. The van der Waals surface area contributed by atoms with E-state index in [2.05, 4.69) is 4.90 Å². The van der Waals surface area contributed by atoms with Gasteiger partial charge in [-0.05, 0) is 56.3 Å². The molecule has 6 atom stereocenters. The van der Waals surface area contributed by atoms with Crippen LogP contribution in [-0.2, 0) is 4.74 Å². The van der Waals surface area contributed by atoms with Crippen LogP contribution < -0.4 is 5.73 Å². The fraction of sp³-hybridized carbons (Fsp3) is 1.00. The average molecular weight is 250 g/mol. The first-order valence-corrected chi connectivity index (χ1v) is 7.94. The van der Waals surface area contributed by atoms with Crippen LogP contribution in [0.2, 0.25) is 0 Å². The summed E-state index contributed by atoms with van der Waals surface area (Å²) < 4.78 is 5.91. The van der Waals surface area contributed by atoms with Crippen LogP contribution in [0.1, 0.15) is 38.5 Å². The second-order valence-corrected chi connectivity index (χ2v) is 6.98. The molecule has 2 bridgehead atoms. The number of nitrogens with zero attached hydrogens (tertiary/aromatic N) is 1. The summed E-state index contributed by atoms with van der Waals surface area (Å²) >= 11 is 0. The zero-order chi connectivity index (χ0) is 12.1. The number of morpholine rings is 1. The second-order valence-electron chi connectivity index (χ2n) is 6.98. The molecule has 3 nitrogen and oxygen atoms in total. The van der Waals surface area contributed by atoms with Gasteiger partial charge in [-0.3, -0.25) is 4.90 Å². The van der Waals surface area contributed by atoms with Crippen LogP contribution in [0.15, 0.2) is 0 Å². The lowest BCUT2D eigenvalue weighted by atomic mass is 9.84. The Morgan fingerprint density at radius 1 is 1.11 bits per heavy atom. The van der Waals surface area contributed by atoms with Crippen LogP contribution in [0.25, 0.3) is 0 Å². The lowest BCUT2D eigenvalue weighted by Gasteiger charge is -2.41. The topological polar surface area (TPSA) is 38.5 Å². The van der Waals surface area contributed by atoms with Gasteiger partial charge in [0.25, 0.3) is 0 Å². The summed E-state index contributed by atoms with van der Waals surface area (Å²) in [7, 11) is 0. The van der Waals surface area contributed by atoms with Gasteiger partial charge in [-0.15, -0.1) is 0 Å². The maximum absolute atomic E-state index is 6.46. The molecule has 1 saturated heterocycles. The summed E-state index contributed by atoms with van der Waals surface area (Å²) in [5.41, 5.74) is 6.46. The molecule has 3 heteroatoms. The van der Waals surface area contributed by atoms with Gasteiger partial charge in [0.05, 0.1) is 12.7 Å². The molecular weight excluding hydrogens is 224 g/mol. The molecule has 0 amide bonds. The van der Waals surface area contributed by atoms with Gasteiger partial charge in [-0.1, -0.05) is 0 Å². The maximum Gasteiger partial charge on any atom is 0.0730 e. The highest BCUT2D eigenvalue weighted by Gasteiger charge is 2.47. The zero-order valence-corrected chi connectivity index (χ0v) is 11.3. The molecule has 0 aromatic heterocycles. The molecule has 3 aliphatic carbocycles. The Morgan fingerprint density at radius 3 is 2.83 bits per heavy atom. The van der Waals surface area contributed by atoms with Gasteiger partial charge < -0.3 is 10.5 Å². The van der Waals surface area contributed by atoms with Gasteiger partial charge in [0.15, 0.2) is 0 Å². The first-order valence-electron chi connectivity index (χ1n) is 7.94. The third-order valence-corrected chi connectivity index (χ3v) is 6.20. The highest BCUT2D eigenvalue weighted by molar-refractivity contribution is 5.01. The molecule has 3 saturated carbocycles. The van der Waals surface area contributed by atoms with Gasteiger partial charge in [-0.2, -0.15) is 0 Å². The van der Waals surface area contributed by atoms with E-state index in [1.54, 1.807) is 0 Å². The lowest BCUT2D eigenvalue weighted by Crippen LogP contribution is -2.52. The van der Waals surface area contributed by atoms with Gasteiger partial charge in [0.1, 0.15) is 0 Å². The summed E-state index contributed by atoms with van der Waals surface area (Å²) in [6.45, 7) is 3.34. The number of hydrogen-bond donors (Lipinski definition) is 1. The first kappa shape index (κ1) is 11.7. The van der Waals surface area contributed by atoms with Crippen LogP contribution in [0.3, 0.4) is 0 Å². The molecule has 1 aliphatic heterocycles. The van der Waals surface area contributed by atoms with Crippen molar-refractivity contribution in [2.45, 2.75) is 56.7 Å². The van der Waals surface area contributed by atoms with Crippen molar-refractivity contribution in [3.8, 4) is 0 Å². The molecule has 18 heavy (non-hydrogen) atoms. The number of fused-ring (bicyclic) bond motifs is 3. The summed E-state index contributed by atoms with van der Waals surface area (Å²) in [5.74, 6) is 2.57. The maximum atomic E-state index is 6.46. The minimum atomic E-state index is 0.492. The van der Waals surface area contributed by atoms with Gasteiger partial charge >= 0.3 is 0 Å². The summed E-state index contributed by atoms with van der Waals surface area (Å²) in [5, 5.41) is 0. The molecule has 4 rings (SSSR count). The highest BCUT2D eigenvalue weighted by atomic mass is 16.5. The van der Waals surface area contributed by atoms with E-state index in [1.807, 2.05) is 0 Å². The van der Waals surface area contributed by atoms with Crippen LogP contribution in [-0.4, -0.2) is 42.8 Å². The van der Waals surface area contributed by atoms with Crippen molar-refractivity contribution in [3.63, 3.8) is 0 Å². The monoisotopic (exact) mass is 250 g/mol. The molecule has 102 valence electrons. The molecule has 0 aromatic rings. The van der Waals surface area contributed by atoms with E-state index in [4.69, 9.17) is 10.5 Å². The third-order valence-electron chi connectivity index (χ3n) is 6.20. The van der Waals surface area contributed by atoms with Crippen LogP contribution in [0.4, 0.5) is 0 Å². The van der Waals surface area contributed by atoms with Gasteiger partial charge in [0, 0.05) is 25.2 Å². The van der Waals surface area contributed by atoms with Crippen LogP contribution in [0.5, 0.6) is 0 Å². The third kappa shape index (κ3) is 1.75. The van der Waals surface area contributed by atoms with Gasteiger partial charge in [-0.25, -0.2) is 0 Å². The fourth-order valence-electron chi connectivity index (χ4n) is 5.23. The molecule has 0 aromatic carbocycles. The first-order chi connectivity index (χ1) is 8.83. The molecule has 6 unspecified atom stereocenters. The van der Waals surface area contributed by atoms with Crippen molar-refractivity contribution in [2.75, 3.05) is 19.7 Å². The number of hydrogen-bond acceptors (Lipinski definition) is 3. The number of nitrogens with two attached hydrogens (primary N) is 1. The van der Waals surface area contributed by atoms with E-state index in [0.717, 1.165) is 30.9 Å². The quantitative estimate of drug-likeness (QED) is 0.809. The fourth-order valence-corrected chi connectivity index (χ4v) is 5.23. The average Bonchev–Trinajstić information content (AvgIpc) is 3.07. The van der Waals surface area contributed by atoms with Crippen molar-refractivity contribution in [1.82, 2.24) is 4.90 Å². The van der Waals surface area contributed by atoms with E-state index in [-0.39, 0.29) is 0 Å². The standard InChI is InChI=1S/C15H26N2O/c16-15-11-5-4-10(8-11)12(15)9-17-6-7-18-14-3-1-2-13(14)17/h10-15H,1-9,16H2. The normalized spacial score (nSPS) is 51.8. The Labute approximate surface area is 110 Å². The molecule has 4 fully saturated rings. The number of rotatable bonds is 2. The van der Waals surface area contributed by atoms with Crippen molar-refractivity contribution < 1.29 is 4.74 Å². The Hall–Kier alpha value is -0.120. The van der Waals surface area contributed by atoms with E-state index in [1.165, 1.54) is 45.1 Å². The van der Waals surface area contributed by atoms with Crippen LogP contribution in [0, 0.1) is 17.8 Å². The Morgan fingerprint density at radius 2 is 2.00 bits per heavy atom. The molecule has 1 heterocycles. The highest BCUT2D eigenvalue weighted by Crippen LogP contribution is 2.48. The Bertz CT molecular complexity index is 320. The zero-order valence-electron chi connectivity index (χ0n) is 11.3. The Kier molecular flexibility index (Phi) is 2.90. The summed E-state index contributed by atoms with van der Waals surface area (Å²) in [6.07, 6.45) is 8.79. The van der Waals surface area contributed by atoms with E-state index < -0.39 is 0 Å². The van der Waals surface area contributed by atoms with Crippen molar-refractivity contribution in [3.05, 3.63) is 0 Å². The summed E-state index contributed by atoms with van der Waals surface area (Å²) in [4.78, 5) is 2.73. The van der Waals surface area contributed by atoms with Gasteiger partial charge in [0.2, 0.25) is 0 Å². The smallest absolute Gasteiger partial charge is 0.0730 e. The predicted molar refractivity (Wildman–Crippen MR) is 71.2 cm³/mol. The molecule has 2 N–H and O–H groups in total. The lowest BCUT2D eigenvalue weighted by molar-refractivity contribution is -0.0633. The number of ether oxygens (including phenoxy) is 1. The molecule has 0 spiro atoms. The van der Waals surface area contributed by atoms with E-state index in [0.29, 0.717) is 18.2 Å². The second kappa shape index (κ2) is 4.46. The minimum Gasteiger partial charge on any atom is -0.375 e. The van der Waals surface area contributed by atoms with Crippen molar-refractivity contribution >= 4 is 0 Å². The molecule has 0 radical (unpaired) electrons. The minimum absolute atomic E-state index is 0.492. The SMILES string of the molecule is NC1C2CCC(C2)C1CN1CCOC2CCCC21. The predicted octanol–water partition coefficient (Wildman–Crippen LogP) is 1.61. The van der Waals surface area contributed by atoms with Crippen LogP contribution >= 0.6 is 0 Å². The van der Waals surface area contributed by atoms with Crippen molar-refractivity contribution in [1.29, 1.82) is 0 Å².